The molecule has 0 aliphatic heterocycles. The molecule has 1 aliphatic rings. The van der Waals surface area contributed by atoms with Gasteiger partial charge < -0.3 is 9.73 Å². The Morgan fingerprint density at radius 1 is 1.41 bits per heavy atom. The number of rotatable bonds is 3. The average molecular weight is 232 g/mol. The van der Waals surface area contributed by atoms with Gasteiger partial charge in [-0.2, -0.15) is 5.26 Å². The Labute approximate surface area is 103 Å². The van der Waals surface area contributed by atoms with Gasteiger partial charge in [0.15, 0.2) is 0 Å². The smallest absolute Gasteiger partial charge is 0.203 e. The zero-order chi connectivity index (χ0) is 12.3. The molecule has 0 amide bonds. The van der Waals surface area contributed by atoms with Crippen LogP contribution < -0.4 is 5.32 Å². The van der Waals surface area contributed by atoms with Gasteiger partial charge in [0, 0.05) is 6.04 Å². The van der Waals surface area contributed by atoms with Crippen molar-refractivity contribution in [2.24, 2.45) is 5.41 Å². The highest BCUT2D eigenvalue weighted by atomic mass is 16.3. The van der Waals surface area contributed by atoms with Gasteiger partial charge in [-0.15, -0.1) is 0 Å². The van der Waals surface area contributed by atoms with E-state index in [9.17, 15) is 0 Å². The molecule has 0 bridgehead atoms. The molecule has 1 N–H and O–H groups in total. The Morgan fingerprint density at radius 3 is 2.71 bits per heavy atom. The summed E-state index contributed by atoms with van der Waals surface area (Å²) in [7, 11) is 0. The molecule has 0 aromatic carbocycles. The molecule has 1 heterocycles. The molecule has 3 heteroatoms. The van der Waals surface area contributed by atoms with Crippen LogP contribution in [0, 0.1) is 16.7 Å². The van der Waals surface area contributed by atoms with E-state index in [-0.39, 0.29) is 0 Å². The third-order valence-corrected chi connectivity index (χ3v) is 3.68. The Bertz CT molecular complexity index is 404. The summed E-state index contributed by atoms with van der Waals surface area (Å²) < 4.78 is 5.34. The molecule has 1 saturated carbocycles. The van der Waals surface area contributed by atoms with E-state index >= 15 is 0 Å². The SMILES string of the molecule is CC1(C)CCC(NCc2ccc(C#N)o2)CC1. The normalized spacial score (nSPS) is 20.1. The fourth-order valence-electron chi connectivity index (χ4n) is 2.38. The van der Waals surface area contributed by atoms with Gasteiger partial charge in [0.25, 0.3) is 0 Å². The van der Waals surface area contributed by atoms with Gasteiger partial charge in [-0.05, 0) is 43.2 Å². The van der Waals surface area contributed by atoms with E-state index in [0.717, 1.165) is 12.3 Å². The first kappa shape index (κ1) is 12.2. The van der Waals surface area contributed by atoms with Gasteiger partial charge in [-0.1, -0.05) is 13.8 Å². The van der Waals surface area contributed by atoms with Gasteiger partial charge in [0.2, 0.25) is 5.76 Å². The van der Waals surface area contributed by atoms with Crippen LogP contribution in [0.2, 0.25) is 0 Å². The monoisotopic (exact) mass is 232 g/mol. The first-order valence-electron chi connectivity index (χ1n) is 6.31. The van der Waals surface area contributed by atoms with Crippen LogP contribution in [-0.2, 0) is 6.54 Å². The minimum absolute atomic E-state index is 0.395. The zero-order valence-electron chi connectivity index (χ0n) is 10.6. The summed E-state index contributed by atoms with van der Waals surface area (Å²) >= 11 is 0. The third-order valence-electron chi connectivity index (χ3n) is 3.68. The van der Waals surface area contributed by atoms with Gasteiger partial charge in [0.05, 0.1) is 6.54 Å². The van der Waals surface area contributed by atoms with E-state index in [1.54, 1.807) is 6.07 Å². The van der Waals surface area contributed by atoms with Gasteiger partial charge in [-0.25, -0.2) is 0 Å². The summed E-state index contributed by atoms with van der Waals surface area (Å²) in [6, 6.07) is 6.19. The van der Waals surface area contributed by atoms with Crippen LogP contribution in [0.3, 0.4) is 0 Å². The predicted octanol–water partition coefficient (Wildman–Crippen LogP) is 3.21. The fourth-order valence-corrected chi connectivity index (χ4v) is 2.38. The van der Waals surface area contributed by atoms with E-state index in [4.69, 9.17) is 9.68 Å². The second kappa shape index (κ2) is 4.93. The Balaban J connectivity index is 1.78. The van der Waals surface area contributed by atoms with E-state index in [1.807, 2.05) is 12.1 Å². The second-order valence-electron chi connectivity index (χ2n) is 5.70. The minimum Gasteiger partial charge on any atom is -0.449 e. The van der Waals surface area contributed by atoms with Crippen molar-refractivity contribution in [1.29, 1.82) is 5.26 Å². The van der Waals surface area contributed by atoms with Gasteiger partial charge >= 0.3 is 0 Å². The molecule has 1 fully saturated rings. The van der Waals surface area contributed by atoms with Crippen molar-refractivity contribution in [1.82, 2.24) is 5.32 Å². The summed E-state index contributed by atoms with van der Waals surface area (Å²) in [6.45, 7) is 5.41. The maximum Gasteiger partial charge on any atom is 0.203 e. The summed E-state index contributed by atoms with van der Waals surface area (Å²) in [5.41, 5.74) is 0.511. The fraction of sp³-hybridized carbons (Fsp3) is 0.643. The van der Waals surface area contributed by atoms with E-state index in [1.165, 1.54) is 25.7 Å². The van der Waals surface area contributed by atoms with E-state index < -0.39 is 0 Å². The van der Waals surface area contributed by atoms with E-state index in [2.05, 4.69) is 19.2 Å². The number of hydrogen-bond acceptors (Lipinski definition) is 3. The molecule has 92 valence electrons. The molecule has 0 saturated heterocycles. The first-order valence-corrected chi connectivity index (χ1v) is 6.31. The summed E-state index contributed by atoms with van der Waals surface area (Å²) in [5.74, 6) is 1.25. The second-order valence-corrected chi connectivity index (χ2v) is 5.70. The van der Waals surface area contributed by atoms with Crippen LogP contribution >= 0.6 is 0 Å². The van der Waals surface area contributed by atoms with Crippen LogP contribution in [0.15, 0.2) is 16.5 Å². The summed E-state index contributed by atoms with van der Waals surface area (Å²) in [4.78, 5) is 0. The van der Waals surface area contributed by atoms with Crippen molar-refractivity contribution in [2.75, 3.05) is 0 Å². The molecule has 0 spiro atoms. The maximum absolute atomic E-state index is 8.66. The lowest BCUT2D eigenvalue weighted by Gasteiger charge is -2.34. The number of nitriles is 1. The van der Waals surface area contributed by atoms with Crippen molar-refractivity contribution in [3.8, 4) is 6.07 Å². The number of furan rings is 1. The van der Waals surface area contributed by atoms with Crippen LogP contribution in [0.5, 0.6) is 0 Å². The van der Waals surface area contributed by atoms with Gasteiger partial charge in [0.1, 0.15) is 11.8 Å². The first-order chi connectivity index (χ1) is 8.09. The molecule has 17 heavy (non-hydrogen) atoms. The average Bonchev–Trinajstić information content (AvgIpc) is 2.75. The largest absolute Gasteiger partial charge is 0.449 e. The van der Waals surface area contributed by atoms with Gasteiger partial charge in [-0.3, -0.25) is 0 Å². The highest BCUT2D eigenvalue weighted by molar-refractivity contribution is 5.18. The standard InChI is InChI=1S/C14H20N2O/c1-14(2)7-5-11(6-8-14)16-10-13-4-3-12(9-15)17-13/h3-4,11,16H,5-8,10H2,1-2H3. The summed E-state index contributed by atoms with van der Waals surface area (Å²) in [6.07, 6.45) is 5.04. The van der Waals surface area contributed by atoms with Crippen molar-refractivity contribution < 1.29 is 4.42 Å². The number of hydrogen-bond donors (Lipinski definition) is 1. The molecule has 1 aromatic heterocycles. The molecule has 0 atom stereocenters. The molecule has 2 rings (SSSR count). The van der Waals surface area contributed by atoms with Crippen LogP contribution in [-0.4, -0.2) is 6.04 Å². The van der Waals surface area contributed by atoms with Crippen molar-refractivity contribution in [2.45, 2.75) is 52.1 Å². The van der Waals surface area contributed by atoms with Crippen LogP contribution in [0.1, 0.15) is 51.1 Å². The molecule has 0 unspecified atom stereocenters. The zero-order valence-corrected chi connectivity index (χ0v) is 10.6. The molecular formula is C14H20N2O. The lowest BCUT2D eigenvalue weighted by molar-refractivity contribution is 0.204. The van der Waals surface area contributed by atoms with Crippen LogP contribution in [0.4, 0.5) is 0 Å². The molecule has 0 radical (unpaired) electrons. The Hall–Kier alpha value is -1.27. The molecular weight excluding hydrogens is 212 g/mol. The highest BCUT2D eigenvalue weighted by Gasteiger charge is 2.26. The maximum atomic E-state index is 8.66. The lowest BCUT2D eigenvalue weighted by atomic mass is 9.75. The topological polar surface area (TPSA) is 49.0 Å². The minimum atomic E-state index is 0.395. The van der Waals surface area contributed by atoms with Crippen LogP contribution in [0.25, 0.3) is 0 Å². The Morgan fingerprint density at radius 2 is 2.12 bits per heavy atom. The molecule has 1 aliphatic carbocycles. The number of nitrogens with one attached hydrogen (secondary N) is 1. The van der Waals surface area contributed by atoms with Crippen molar-refractivity contribution in [3.63, 3.8) is 0 Å². The quantitative estimate of drug-likeness (QED) is 0.870. The predicted molar refractivity (Wildman–Crippen MR) is 66.3 cm³/mol. The van der Waals surface area contributed by atoms with Crippen molar-refractivity contribution in [3.05, 3.63) is 23.7 Å². The summed E-state index contributed by atoms with van der Waals surface area (Å²) in [5, 5.41) is 12.2. The lowest BCUT2D eigenvalue weighted by Crippen LogP contribution is -2.35. The highest BCUT2D eigenvalue weighted by Crippen LogP contribution is 2.35. The third kappa shape index (κ3) is 3.34. The Kier molecular flexibility index (Phi) is 3.54. The molecule has 1 aromatic rings. The van der Waals surface area contributed by atoms with Crippen molar-refractivity contribution >= 4 is 0 Å². The van der Waals surface area contributed by atoms with E-state index in [0.29, 0.717) is 17.2 Å². The number of nitrogens with zero attached hydrogens (tertiary/aromatic N) is 1. The molecule has 3 nitrogen and oxygen atoms in total.